The first-order valence-electron chi connectivity index (χ1n) is 6.44. The first kappa shape index (κ1) is 14.6. The summed E-state index contributed by atoms with van der Waals surface area (Å²) in [7, 11) is -3.35. The van der Waals surface area contributed by atoms with Crippen molar-refractivity contribution >= 4 is 15.5 Å². The average Bonchev–Trinajstić information content (AvgIpc) is 2.36. The van der Waals surface area contributed by atoms with Gasteiger partial charge in [0.05, 0.1) is 10.6 Å². The second-order valence-corrected chi connectivity index (χ2v) is 7.20. The number of anilines is 1. The zero-order valence-corrected chi connectivity index (χ0v) is 12.8. The Bertz CT molecular complexity index is 749. The van der Waals surface area contributed by atoms with Crippen molar-refractivity contribution in [1.82, 2.24) is 0 Å². The molecule has 2 aromatic carbocycles. The number of aryl methyl sites for hydroxylation is 3. The monoisotopic (exact) mass is 289 g/mol. The second kappa shape index (κ2) is 5.29. The molecule has 4 heteroatoms. The summed E-state index contributed by atoms with van der Waals surface area (Å²) in [4.78, 5) is 0.324. The third kappa shape index (κ3) is 3.02. The molecule has 2 N–H and O–H groups in total. The zero-order chi connectivity index (χ0) is 14.9. The van der Waals surface area contributed by atoms with Crippen molar-refractivity contribution in [1.29, 1.82) is 0 Å². The highest BCUT2D eigenvalue weighted by atomic mass is 32.2. The predicted octanol–water partition coefficient (Wildman–Crippen LogP) is 3.17. The second-order valence-electron chi connectivity index (χ2n) is 5.21. The third-order valence-electron chi connectivity index (χ3n) is 3.45. The van der Waals surface area contributed by atoms with Crippen molar-refractivity contribution < 1.29 is 8.42 Å². The number of sulfone groups is 1. The molecule has 0 amide bonds. The van der Waals surface area contributed by atoms with Crippen LogP contribution in [-0.2, 0) is 15.6 Å². The van der Waals surface area contributed by atoms with Crippen molar-refractivity contribution in [2.24, 2.45) is 0 Å². The van der Waals surface area contributed by atoms with Gasteiger partial charge in [-0.1, -0.05) is 23.8 Å². The summed E-state index contributed by atoms with van der Waals surface area (Å²) in [5.41, 5.74) is 10.0. The molecule has 2 aromatic rings. The van der Waals surface area contributed by atoms with E-state index >= 15 is 0 Å². The molecule has 0 bridgehead atoms. The van der Waals surface area contributed by atoms with Gasteiger partial charge < -0.3 is 5.73 Å². The van der Waals surface area contributed by atoms with Gasteiger partial charge in [0.25, 0.3) is 0 Å². The molecule has 0 aliphatic carbocycles. The predicted molar refractivity (Wildman–Crippen MR) is 82.4 cm³/mol. The number of nitrogens with two attached hydrogens (primary N) is 1. The Labute approximate surface area is 120 Å². The fourth-order valence-electron chi connectivity index (χ4n) is 2.09. The van der Waals surface area contributed by atoms with E-state index in [-0.39, 0.29) is 5.75 Å². The van der Waals surface area contributed by atoms with Gasteiger partial charge in [-0.25, -0.2) is 8.42 Å². The normalized spacial score (nSPS) is 11.6. The summed E-state index contributed by atoms with van der Waals surface area (Å²) in [5, 5.41) is 0. The molecule has 0 aliphatic heterocycles. The summed E-state index contributed by atoms with van der Waals surface area (Å²) in [5.74, 6) is 0.0177. The lowest BCUT2D eigenvalue weighted by molar-refractivity contribution is 0.595. The van der Waals surface area contributed by atoms with Crippen LogP contribution in [0.15, 0.2) is 41.3 Å². The Morgan fingerprint density at radius 1 is 0.950 bits per heavy atom. The van der Waals surface area contributed by atoms with E-state index in [1.165, 1.54) is 0 Å². The number of nitrogen functional groups attached to an aromatic ring is 1. The summed E-state index contributed by atoms with van der Waals surface area (Å²) >= 11 is 0. The van der Waals surface area contributed by atoms with Crippen LogP contribution in [0.4, 0.5) is 5.69 Å². The molecule has 0 radical (unpaired) electrons. The Balaban J connectivity index is 2.40. The van der Waals surface area contributed by atoms with Crippen molar-refractivity contribution in [2.45, 2.75) is 31.4 Å². The van der Waals surface area contributed by atoms with Crippen molar-refractivity contribution in [3.63, 3.8) is 0 Å². The van der Waals surface area contributed by atoms with Gasteiger partial charge in [-0.2, -0.15) is 0 Å². The SMILES string of the molecule is Cc1ccc(C)c(CS(=O)(=O)c2ccc(N)c(C)c2)c1. The smallest absolute Gasteiger partial charge is 0.182 e. The largest absolute Gasteiger partial charge is 0.399 e. The molecule has 20 heavy (non-hydrogen) atoms. The molecular formula is C16H19NO2S. The molecule has 106 valence electrons. The maximum atomic E-state index is 12.5. The average molecular weight is 289 g/mol. The number of hydrogen-bond acceptors (Lipinski definition) is 3. The Kier molecular flexibility index (Phi) is 3.86. The van der Waals surface area contributed by atoms with E-state index in [9.17, 15) is 8.42 Å². The van der Waals surface area contributed by atoms with Gasteiger partial charge in [-0.15, -0.1) is 0 Å². The molecule has 0 heterocycles. The van der Waals surface area contributed by atoms with Gasteiger partial charge in [0.2, 0.25) is 0 Å². The minimum Gasteiger partial charge on any atom is -0.399 e. The first-order chi connectivity index (χ1) is 9.29. The van der Waals surface area contributed by atoms with E-state index < -0.39 is 9.84 Å². The maximum absolute atomic E-state index is 12.5. The van der Waals surface area contributed by atoms with Crippen LogP contribution in [0.2, 0.25) is 0 Å². The molecule has 0 atom stereocenters. The van der Waals surface area contributed by atoms with Crippen LogP contribution in [0.1, 0.15) is 22.3 Å². The molecule has 0 saturated heterocycles. The minimum absolute atomic E-state index is 0.0177. The van der Waals surface area contributed by atoms with Crippen LogP contribution in [0.25, 0.3) is 0 Å². The molecule has 0 unspecified atom stereocenters. The Hall–Kier alpha value is -1.81. The van der Waals surface area contributed by atoms with Crippen molar-refractivity contribution in [3.8, 4) is 0 Å². The van der Waals surface area contributed by atoms with E-state index in [0.29, 0.717) is 10.6 Å². The summed E-state index contributed by atoms with van der Waals surface area (Å²) < 4.78 is 25.0. The minimum atomic E-state index is -3.35. The van der Waals surface area contributed by atoms with E-state index in [1.54, 1.807) is 18.2 Å². The van der Waals surface area contributed by atoms with Gasteiger partial charge in [-0.05, 0) is 55.7 Å². The highest BCUT2D eigenvalue weighted by Crippen LogP contribution is 2.22. The van der Waals surface area contributed by atoms with Crippen LogP contribution < -0.4 is 5.73 Å². The fourth-order valence-corrected chi connectivity index (χ4v) is 3.60. The number of rotatable bonds is 3. The molecule has 0 aromatic heterocycles. The van der Waals surface area contributed by atoms with Crippen LogP contribution in [0.3, 0.4) is 0 Å². The standard InChI is InChI=1S/C16H19NO2S/c1-11-4-5-12(2)14(8-11)10-20(18,19)15-6-7-16(17)13(3)9-15/h4-9H,10,17H2,1-3H3. The van der Waals surface area contributed by atoms with Crippen LogP contribution in [-0.4, -0.2) is 8.42 Å². The highest BCUT2D eigenvalue weighted by Gasteiger charge is 2.17. The first-order valence-corrected chi connectivity index (χ1v) is 8.10. The molecule has 0 aliphatic rings. The van der Waals surface area contributed by atoms with E-state index in [0.717, 1.165) is 22.3 Å². The quantitative estimate of drug-likeness (QED) is 0.883. The maximum Gasteiger partial charge on any atom is 0.182 e. The molecule has 0 fully saturated rings. The Morgan fingerprint density at radius 2 is 1.65 bits per heavy atom. The molecule has 3 nitrogen and oxygen atoms in total. The van der Waals surface area contributed by atoms with Crippen molar-refractivity contribution in [3.05, 3.63) is 58.7 Å². The number of benzene rings is 2. The van der Waals surface area contributed by atoms with Crippen LogP contribution in [0.5, 0.6) is 0 Å². The molecule has 0 saturated carbocycles. The third-order valence-corrected chi connectivity index (χ3v) is 5.11. The summed E-state index contributed by atoms with van der Waals surface area (Å²) in [6.45, 7) is 5.70. The summed E-state index contributed by atoms with van der Waals surface area (Å²) in [6, 6.07) is 10.7. The fraction of sp³-hybridized carbons (Fsp3) is 0.250. The lowest BCUT2D eigenvalue weighted by Crippen LogP contribution is -2.07. The van der Waals surface area contributed by atoms with E-state index in [2.05, 4.69) is 0 Å². The van der Waals surface area contributed by atoms with Crippen LogP contribution >= 0.6 is 0 Å². The van der Waals surface area contributed by atoms with Crippen molar-refractivity contribution in [2.75, 3.05) is 5.73 Å². The van der Waals surface area contributed by atoms with Crippen LogP contribution in [0, 0.1) is 20.8 Å². The highest BCUT2D eigenvalue weighted by molar-refractivity contribution is 7.90. The lowest BCUT2D eigenvalue weighted by Gasteiger charge is -2.10. The van der Waals surface area contributed by atoms with E-state index in [4.69, 9.17) is 5.73 Å². The lowest BCUT2D eigenvalue weighted by atomic mass is 10.1. The molecular weight excluding hydrogens is 270 g/mol. The van der Waals surface area contributed by atoms with Gasteiger partial charge in [0.1, 0.15) is 0 Å². The molecule has 0 spiro atoms. The number of hydrogen-bond donors (Lipinski definition) is 1. The van der Waals surface area contributed by atoms with Gasteiger partial charge in [-0.3, -0.25) is 0 Å². The Morgan fingerprint density at radius 3 is 2.30 bits per heavy atom. The van der Waals surface area contributed by atoms with Gasteiger partial charge in [0.15, 0.2) is 9.84 Å². The van der Waals surface area contributed by atoms with E-state index in [1.807, 2.05) is 39.0 Å². The zero-order valence-electron chi connectivity index (χ0n) is 12.0. The van der Waals surface area contributed by atoms with Gasteiger partial charge >= 0.3 is 0 Å². The van der Waals surface area contributed by atoms with Gasteiger partial charge in [0, 0.05) is 5.69 Å². The topological polar surface area (TPSA) is 60.2 Å². The molecule has 2 rings (SSSR count). The summed E-state index contributed by atoms with van der Waals surface area (Å²) in [6.07, 6.45) is 0.